The van der Waals surface area contributed by atoms with Gasteiger partial charge in [-0.15, -0.1) is 0 Å². The van der Waals surface area contributed by atoms with Crippen molar-refractivity contribution in [1.82, 2.24) is 10.2 Å². The molecule has 102 valence electrons. The van der Waals surface area contributed by atoms with Crippen molar-refractivity contribution in [2.45, 2.75) is 59.2 Å². The van der Waals surface area contributed by atoms with Crippen LogP contribution < -0.4 is 5.32 Å². The van der Waals surface area contributed by atoms with E-state index in [0.29, 0.717) is 0 Å². The molecule has 2 heterocycles. The highest BCUT2D eigenvalue weighted by Gasteiger charge is 2.21. The topological polar surface area (TPSA) is 28.4 Å². The smallest absolute Gasteiger partial charge is 0.118 e. The molecule has 1 aromatic heterocycles. The van der Waals surface area contributed by atoms with Gasteiger partial charge in [-0.1, -0.05) is 6.92 Å². The zero-order valence-electron chi connectivity index (χ0n) is 12.0. The highest BCUT2D eigenvalue weighted by molar-refractivity contribution is 5.21. The number of hydrogen-bond donors (Lipinski definition) is 1. The van der Waals surface area contributed by atoms with Crippen LogP contribution in [0, 0.1) is 6.92 Å². The Morgan fingerprint density at radius 2 is 2.33 bits per heavy atom. The average molecular weight is 250 g/mol. The first-order valence-corrected chi connectivity index (χ1v) is 7.23. The SMILES string of the molecule is CCCNCc1cc(CN2CCCC2C)c(C)o1. The number of nitrogens with zero attached hydrogens (tertiary/aromatic N) is 1. The van der Waals surface area contributed by atoms with E-state index in [-0.39, 0.29) is 0 Å². The zero-order chi connectivity index (χ0) is 13.0. The Kier molecular flexibility index (Phi) is 4.84. The van der Waals surface area contributed by atoms with Crippen LogP contribution in [0.5, 0.6) is 0 Å². The minimum absolute atomic E-state index is 0.723. The summed E-state index contributed by atoms with van der Waals surface area (Å²) in [5.74, 6) is 2.16. The quantitative estimate of drug-likeness (QED) is 0.787. The summed E-state index contributed by atoms with van der Waals surface area (Å²) >= 11 is 0. The van der Waals surface area contributed by atoms with Crippen LogP contribution in [0.4, 0.5) is 0 Å². The Morgan fingerprint density at radius 3 is 3.00 bits per heavy atom. The van der Waals surface area contributed by atoms with Gasteiger partial charge in [0.25, 0.3) is 0 Å². The van der Waals surface area contributed by atoms with Crippen LogP contribution in [-0.4, -0.2) is 24.0 Å². The van der Waals surface area contributed by atoms with Crippen molar-refractivity contribution in [3.63, 3.8) is 0 Å². The molecule has 1 aromatic rings. The van der Waals surface area contributed by atoms with Crippen molar-refractivity contribution in [2.24, 2.45) is 0 Å². The van der Waals surface area contributed by atoms with E-state index >= 15 is 0 Å². The van der Waals surface area contributed by atoms with Crippen LogP contribution in [0.2, 0.25) is 0 Å². The van der Waals surface area contributed by atoms with Gasteiger partial charge in [-0.05, 0) is 52.3 Å². The highest BCUT2D eigenvalue weighted by atomic mass is 16.3. The lowest BCUT2D eigenvalue weighted by Crippen LogP contribution is -2.26. The van der Waals surface area contributed by atoms with Gasteiger partial charge < -0.3 is 9.73 Å². The lowest BCUT2D eigenvalue weighted by molar-refractivity contribution is 0.258. The van der Waals surface area contributed by atoms with Crippen LogP contribution in [0.1, 0.15) is 50.2 Å². The first-order valence-electron chi connectivity index (χ1n) is 7.23. The second-order valence-corrected chi connectivity index (χ2v) is 5.43. The van der Waals surface area contributed by atoms with E-state index < -0.39 is 0 Å². The summed E-state index contributed by atoms with van der Waals surface area (Å²) in [6.45, 7) is 10.8. The molecular formula is C15H26N2O. The Labute approximate surface area is 111 Å². The van der Waals surface area contributed by atoms with Gasteiger partial charge in [-0.25, -0.2) is 0 Å². The fourth-order valence-corrected chi connectivity index (χ4v) is 2.67. The maximum absolute atomic E-state index is 5.82. The molecule has 0 bridgehead atoms. The monoisotopic (exact) mass is 250 g/mol. The summed E-state index contributed by atoms with van der Waals surface area (Å²) < 4.78 is 5.82. The molecular weight excluding hydrogens is 224 g/mol. The lowest BCUT2D eigenvalue weighted by atomic mass is 10.2. The third kappa shape index (κ3) is 3.36. The standard InChI is InChI=1S/C15H26N2O/c1-4-7-16-10-15-9-14(13(3)18-15)11-17-8-5-6-12(17)2/h9,12,16H,4-8,10-11H2,1-3H3. The van der Waals surface area contributed by atoms with Gasteiger partial charge in [0, 0.05) is 18.2 Å². The minimum Gasteiger partial charge on any atom is -0.465 e. The number of nitrogens with one attached hydrogen (secondary N) is 1. The van der Waals surface area contributed by atoms with Crippen molar-refractivity contribution in [3.05, 3.63) is 23.2 Å². The fraction of sp³-hybridized carbons (Fsp3) is 0.733. The summed E-state index contributed by atoms with van der Waals surface area (Å²) in [4.78, 5) is 2.56. The van der Waals surface area contributed by atoms with Crippen LogP contribution >= 0.6 is 0 Å². The number of furan rings is 1. The molecule has 1 saturated heterocycles. The van der Waals surface area contributed by atoms with Crippen molar-refractivity contribution in [1.29, 1.82) is 0 Å². The zero-order valence-corrected chi connectivity index (χ0v) is 12.0. The summed E-state index contributed by atoms with van der Waals surface area (Å²) in [7, 11) is 0. The van der Waals surface area contributed by atoms with Gasteiger partial charge in [-0.2, -0.15) is 0 Å². The van der Waals surface area contributed by atoms with Crippen LogP contribution in [0.15, 0.2) is 10.5 Å². The van der Waals surface area contributed by atoms with Crippen molar-refractivity contribution in [3.8, 4) is 0 Å². The van der Waals surface area contributed by atoms with Gasteiger partial charge >= 0.3 is 0 Å². The maximum Gasteiger partial charge on any atom is 0.118 e. The lowest BCUT2D eigenvalue weighted by Gasteiger charge is -2.20. The summed E-state index contributed by atoms with van der Waals surface area (Å²) in [6.07, 6.45) is 3.84. The molecule has 0 radical (unpaired) electrons. The molecule has 18 heavy (non-hydrogen) atoms. The van der Waals surface area contributed by atoms with Crippen LogP contribution in [-0.2, 0) is 13.1 Å². The molecule has 1 aliphatic rings. The van der Waals surface area contributed by atoms with E-state index in [1.165, 1.54) is 24.9 Å². The molecule has 3 nitrogen and oxygen atoms in total. The Bertz CT molecular complexity index is 373. The predicted octanol–water partition coefficient (Wildman–Crippen LogP) is 3.07. The third-order valence-corrected chi connectivity index (χ3v) is 3.86. The van der Waals surface area contributed by atoms with Gasteiger partial charge in [0.2, 0.25) is 0 Å². The normalized spacial score (nSPS) is 20.7. The Hall–Kier alpha value is -0.800. The van der Waals surface area contributed by atoms with Crippen LogP contribution in [0.25, 0.3) is 0 Å². The number of hydrogen-bond acceptors (Lipinski definition) is 3. The predicted molar refractivity (Wildman–Crippen MR) is 74.5 cm³/mol. The van der Waals surface area contributed by atoms with Crippen LogP contribution in [0.3, 0.4) is 0 Å². The first kappa shape index (κ1) is 13.6. The molecule has 1 N–H and O–H groups in total. The summed E-state index contributed by atoms with van der Waals surface area (Å²) in [6, 6.07) is 2.95. The molecule has 0 spiro atoms. The molecule has 3 heteroatoms. The Morgan fingerprint density at radius 1 is 1.50 bits per heavy atom. The van der Waals surface area contributed by atoms with E-state index in [0.717, 1.165) is 43.6 Å². The van der Waals surface area contributed by atoms with Gasteiger partial charge in [0.1, 0.15) is 11.5 Å². The van der Waals surface area contributed by atoms with Gasteiger partial charge in [-0.3, -0.25) is 4.90 Å². The molecule has 1 aliphatic heterocycles. The average Bonchev–Trinajstić information content (AvgIpc) is 2.88. The minimum atomic E-state index is 0.723. The van der Waals surface area contributed by atoms with Gasteiger partial charge in [0.15, 0.2) is 0 Å². The van der Waals surface area contributed by atoms with E-state index in [2.05, 4.69) is 37.1 Å². The molecule has 0 saturated carbocycles. The molecule has 1 atom stereocenters. The number of rotatable bonds is 6. The second-order valence-electron chi connectivity index (χ2n) is 5.43. The van der Waals surface area contributed by atoms with Crippen molar-refractivity contribution >= 4 is 0 Å². The van der Waals surface area contributed by atoms with E-state index in [1.54, 1.807) is 0 Å². The van der Waals surface area contributed by atoms with Crippen molar-refractivity contribution in [2.75, 3.05) is 13.1 Å². The molecule has 1 fully saturated rings. The molecule has 0 aromatic carbocycles. The first-order chi connectivity index (χ1) is 8.70. The number of aryl methyl sites for hydroxylation is 1. The fourth-order valence-electron chi connectivity index (χ4n) is 2.67. The van der Waals surface area contributed by atoms with Crippen molar-refractivity contribution < 1.29 is 4.42 Å². The molecule has 1 unspecified atom stereocenters. The highest BCUT2D eigenvalue weighted by Crippen LogP contribution is 2.22. The third-order valence-electron chi connectivity index (χ3n) is 3.86. The van der Waals surface area contributed by atoms with E-state index in [9.17, 15) is 0 Å². The Balaban J connectivity index is 1.92. The maximum atomic E-state index is 5.82. The molecule has 0 amide bonds. The largest absolute Gasteiger partial charge is 0.465 e. The van der Waals surface area contributed by atoms with Gasteiger partial charge in [0.05, 0.1) is 6.54 Å². The summed E-state index contributed by atoms with van der Waals surface area (Å²) in [5.41, 5.74) is 1.36. The second kappa shape index (κ2) is 6.39. The molecule has 0 aliphatic carbocycles. The van der Waals surface area contributed by atoms with E-state index in [1.807, 2.05) is 0 Å². The summed E-state index contributed by atoms with van der Waals surface area (Å²) in [5, 5.41) is 3.39. The van der Waals surface area contributed by atoms with E-state index in [4.69, 9.17) is 4.42 Å². The number of likely N-dealkylation sites (tertiary alicyclic amines) is 1. The molecule has 2 rings (SSSR count).